The van der Waals surface area contributed by atoms with Crippen molar-refractivity contribution in [3.63, 3.8) is 0 Å². The van der Waals surface area contributed by atoms with Gasteiger partial charge in [0.2, 0.25) is 5.91 Å². The zero-order chi connectivity index (χ0) is 27.4. The number of aromatic nitrogens is 3. The van der Waals surface area contributed by atoms with Crippen LogP contribution >= 0.6 is 22.7 Å². The summed E-state index contributed by atoms with van der Waals surface area (Å²) in [5, 5.41) is 24.4. The predicted octanol–water partition coefficient (Wildman–Crippen LogP) is 2.89. The number of aromatic amines is 1. The number of carboxylic acid groups (broad SMARTS) is 1. The van der Waals surface area contributed by atoms with Crippen LogP contribution in [0.4, 0.5) is 18.3 Å². The molecule has 0 radical (unpaired) electrons. The SMILES string of the molecule is O=C(Cc1cccc2[nH]ncc12)Nc1nc(C(F)(F)F)c(C(=O)NC(CNC(=O)c2cccs2)C(=O)O)s1. The molecule has 4 rings (SSSR count). The van der Waals surface area contributed by atoms with Gasteiger partial charge >= 0.3 is 12.1 Å². The van der Waals surface area contributed by atoms with Gasteiger partial charge in [0.15, 0.2) is 10.8 Å². The normalized spacial score (nSPS) is 12.2. The molecule has 0 bridgehead atoms. The number of anilines is 1. The summed E-state index contributed by atoms with van der Waals surface area (Å²) in [6, 6.07) is 6.44. The molecule has 0 aliphatic rings. The lowest BCUT2D eigenvalue weighted by atomic mass is 10.1. The van der Waals surface area contributed by atoms with Gasteiger partial charge < -0.3 is 21.1 Å². The van der Waals surface area contributed by atoms with Crippen molar-refractivity contribution in [3.8, 4) is 0 Å². The molecule has 1 aromatic carbocycles. The third-order valence-corrected chi connectivity index (χ3v) is 6.93. The lowest BCUT2D eigenvalue weighted by Gasteiger charge is -2.15. The predicted molar refractivity (Wildman–Crippen MR) is 131 cm³/mol. The van der Waals surface area contributed by atoms with E-state index in [4.69, 9.17) is 0 Å². The number of carbonyl (C=O) groups excluding carboxylic acids is 3. The number of rotatable bonds is 9. The molecule has 0 aliphatic carbocycles. The molecule has 0 saturated carbocycles. The van der Waals surface area contributed by atoms with Crippen LogP contribution in [0.15, 0.2) is 41.9 Å². The highest BCUT2D eigenvalue weighted by Crippen LogP contribution is 2.36. The average molecular weight is 567 g/mol. The van der Waals surface area contributed by atoms with Gasteiger partial charge in [-0.25, -0.2) is 9.78 Å². The molecule has 5 N–H and O–H groups in total. The molecule has 198 valence electrons. The fourth-order valence-corrected chi connectivity index (χ4v) is 4.90. The number of amides is 3. The third kappa shape index (κ3) is 6.15. The van der Waals surface area contributed by atoms with Crippen LogP contribution in [0, 0.1) is 0 Å². The van der Waals surface area contributed by atoms with Crippen LogP contribution in [0.5, 0.6) is 0 Å². The molecule has 3 heterocycles. The van der Waals surface area contributed by atoms with E-state index >= 15 is 0 Å². The minimum atomic E-state index is -5.07. The maximum Gasteiger partial charge on any atom is 0.435 e. The molecule has 16 heteroatoms. The van der Waals surface area contributed by atoms with Crippen LogP contribution in [0.3, 0.4) is 0 Å². The first-order chi connectivity index (χ1) is 18.0. The van der Waals surface area contributed by atoms with Crippen molar-refractivity contribution in [1.29, 1.82) is 0 Å². The van der Waals surface area contributed by atoms with E-state index in [1.807, 2.05) is 5.32 Å². The Balaban J connectivity index is 1.48. The van der Waals surface area contributed by atoms with Crippen molar-refractivity contribution in [1.82, 2.24) is 25.8 Å². The van der Waals surface area contributed by atoms with Gasteiger partial charge in [-0.1, -0.05) is 29.5 Å². The van der Waals surface area contributed by atoms with Crippen molar-refractivity contribution in [2.45, 2.75) is 18.6 Å². The summed E-state index contributed by atoms with van der Waals surface area (Å²) in [5.74, 6) is -4.25. The van der Waals surface area contributed by atoms with Gasteiger partial charge in [-0.3, -0.25) is 19.5 Å². The summed E-state index contributed by atoms with van der Waals surface area (Å²) >= 11 is 1.34. The topological polar surface area (TPSA) is 166 Å². The number of hydrogen-bond acceptors (Lipinski definition) is 8. The molecule has 3 amide bonds. The molecule has 38 heavy (non-hydrogen) atoms. The highest BCUT2D eigenvalue weighted by atomic mass is 32.1. The zero-order valence-corrected chi connectivity index (χ0v) is 20.6. The highest BCUT2D eigenvalue weighted by Gasteiger charge is 2.40. The van der Waals surface area contributed by atoms with Gasteiger partial charge in [0.25, 0.3) is 11.8 Å². The van der Waals surface area contributed by atoms with E-state index < -0.39 is 58.2 Å². The van der Waals surface area contributed by atoms with Gasteiger partial charge in [-0.15, -0.1) is 11.3 Å². The molecule has 3 aromatic heterocycles. The fraction of sp³-hybridized carbons (Fsp3) is 0.182. The minimum absolute atomic E-state index is 0.204. The maximum absolute atomic E-state index is 13.6. The Bertz CT molecular complexity index is 1500. The van der Waals surface area contributed by atoms with E-state index in [0.717, 1.165) is 11.3 Å². The molecular weight excluding hydrogens is 549 g/mol. The molecule has 11 nitrogen and oxygen atoms in total. The highest BCUT2D eigenvalue weighted by molar-refractivity contribution is 7.17. The third-order valence-electron chi connectivity index (χ3n) is 5.09. The Morgan fingerprint density at radius 2 is 1.89 bits per heavy atom. The monoisotopic (exact) mass is 566 g/mol. The molecule has 0 saturated heterocycles. The maximum atomic E-state index is 13.6. The first-order valence-electron chi connectivity index (χ1n) is 10.7. The minimum Gasteiger partial charge on any atom is -0.480 e. The number of carbonyl (C=O) groups is 4. The lowest BCUT2D eigenvalue weighted by Crippen LogP contribution is -2.48. The number of aliphatic carboxylic acids is 1. The number of nitrogens with zero attached hydrogens (tertiary/aromatic N) is 2. The smallest absolute Gasteiger partial charge is 0.435 e. The zero-order valence-electron chi connectivity index (χ0n) is 19.0. The van der Waals surface area contributed by atoms with Crippen LogP contribution in [0.2, 0.25) is 0 Å². The number of nitrogens with one attached hydrogen (secondary N) is 4. The second-order valence-corrected chi connectivity index (χ2v) is 9.67. The summed E-state index contributed by atoms with van der Waals surface area (Å²) in [6.07, 6.45) is -3.77. The van der Waals surface area contributed by atoms with Gasteiger partial charge in [-0.2, -0.15) is 18.3 Å². The van der Waals surface area contributed by atoms with Crippen molar-refractivity contribution < 1.29 is 37.5 Å². The van der Waals surface area contributed by atoms with Crippen LogP contribution in [-0.2, 0) is 22.2 Å². The summed E-state index contributed by atoms with van der Waals surface area (Å²) in [7, 11) is 0. The number of halogens is 3. The van der Waals surface area contributed by atoms with Crippen molar-refractivity contribution in [2.75, 3.05) is 11.9 Å². The summed E-state index contributed by atoms with van der Waals surface area (Å²) in [5.41, 5.74) is -0.352. The Labute approximate surface area is 219 Å². The first kappa shape index (κ1) is 26.7. The lowest BCUT2D eigenvalue weighted by molar-refractivity contribution is -0.141. The van der Waals surface area contributed by atoms with E-state index in [9.17, 15) is 37.5 Å². The van der Waals surface area contributed by atoms with Crippen LogP contribution in [0.25, 0.3) is 10.9 Å². The molecule has 1 atom stereocenters. The summed E-state index contributed by atoms with van der Waals surface area (Å²) in [4.78, 5) is 51.5. The van der Waals surface area contributed by atoms with Gasteiger partial charge in [-0.05, 0) is 23.1 Å². The number of carboxylic acids is 1. The average Bonchev–Trinajstić information content (AvgIpc) is 3.61. The number of hydrogen-bond donors (Lipinski definition) is 5. The van der Waals surface area contributed by atoms with Gasteiger partial charge in [0.1, 0.15) is 10.9 Å². The van der Waals surface area contributed by atoms with Gasteiger partial charge in [0, 0.05) is 11.9 Å². The second-order valence-electron chi connectivity index (χ2n) is 7.72. The Morgan fingerprint density at radius 3 is 2.58 bits per heavy atom. The van der Waals surface area contributed by atoms with Gasteiger partial charge in [0.05, 0.1) is 23.0 Å². The summed E-state index contributed by atoms with van der Waals surface area (Å²) < 4.78 is 40.9. The Kier molecular flexibility index (Phi) is 7.72. The number of H-pyrrole nitrogens is 1. The largest absolute Gasteiger partial charge is 0.480 e. The van der Waals surface area contributed by atoms with E-state index in [1.54, 1.807) is 29.6 Å². The van der Waals surface area contributed by atoms with E-state index in [2.05, 4.69) is 25.8 Å². The Morgan fingerprint density at radius 1 is 1.11 bits per heavy atom. The Hall–Kier alpha value is -4.31. The fourth-order valence-electron chi connectivity index (χ4n) is 3.35. The standard InChI is InChI=1S/C22H17F3N6O5S2/c23-22(24,25)17-16(19(34)28-13(20(35)36)9-26-18(33)14-5-2-6-37-14)38-21(30-17)29-15(32)7-10-3-1-4-12-11(10)8-27-31-12/h1-6,8,13H,7,9H2,(H,26,33)(H,27,31)(H,28,34)(H,35,36)(H,29,30,32). The molecule has 0 aliphatic heterocycles. The first-order valence-corrected chi connectivity index (χ1v) is 12.4. The number of alkyl halides is 3. The van der Waals surface area contributed by atoms with Crippen LogP contribution in [-0.4, -0.2) is 56.6 Å². The van der Waals surface area contributed by atoms with E-state index in [1.165, 1.54) is 12.3 Å². The second kappa shape index (κ2) is 11.0. The van der Waals surface area contributed by atoms with Crippen LogP contribution < -0.4 is 16.0 Å². The van der Waals surface area contributed by atoms with Crippen molar-refractivity contribution >= 4 is 62.4 Å². The number of fused-ring (bicyclic) bond motifs is 1. The van der Waals surface area contributed by atoms with Crippen molar-refractivity contribution in [2.24, 2.45) is 0 Å². The molecule has 0 spiro atoms. The quantitative estimate of drug-likeness (QED) is 0.208. The molecule has 0 fully saturated rings. The van der Waals surface area contributed by atoms with E-state index in [-0.39, 0.29) is 22.6 Å². The molecule has 1 unspecified atom stereocenters. The molecular formula is C22H17F3N6O5S2. The molecule has 4 aromatic rings. The number of thiazole rings is 1. The number of benzene rings is 1. The van der Waals surface area contributed by atoms with Crippen LogP contribution in [0.1, 0.15) is 30.6 Å². The number of thiophene rings is 1. The van der Waals surface area contributed by atoms with E-state index in [0.29, 0.717) is 16.5 Å². The van der Waals surface area contributed by atoms with Crippen molar-refractivity contribution in [3.05, 3.63) is 62.9 Å². The summed E-state index contributed by atoms with van der Waals surface area (Å²) in [6.45, 7) is -0.582.